The van der Waals surface area contributed by atoms with Crippen molar-refractivity contribution in [3.8, 4) is 17.2 Å². The third-order valence-corrected chi connectivity index (χ3v) is 2.82. The zero-order valence-corrected chi connectivity index (χ0v) is 12.3. The highest BCUT2D eigenvalue weighted by atomic mass is 19.1. The van der Waals surface area contributed by atoms with Crippen LogP contribution in [-0.2, 0) is 4.79 Å². The van der Waals surface area contributed by atoms with E-state index in [1.165, 1.54) is 38.5 Å². The van der Waals surface area contributed by atoms with Gasteiger partial charge >= 0.3 is 0 Å². The van der Waals surface area contributed by atoms with E-state index in [1.807, 2.05) is 0 Å². The van der Waals surface area contributed by atoms with Crippen LogP contribution in [-0.4, -0.2) is 26.7 Å². The fraction of sp³-hybridized carbons (Fsp3) is 0.188. The van der Waals surface area contributed by atoms with E-state index in [1.54, 1.807) is 18.2 Å². The van der Waals surface area contributed by atoms with Crippen LogP contribution >= 0.6 is 0 Å². The summed E-state index contributed by atoms with van der Waals surface area (Å²) in [6.07, 6.45) is 0. The fourth-order valence-corrected chi connectivity index (χ4v) is 1.74. The monoisotopic (exact) mass is 305 g/mol. The van der Waals surface area contributed by atoms with E-state index in [9.17, 15) is 9.18 Å². The van der Waals surface area contributed by atoms with E-state index >= 15 is 0 Å². The van der Waals surface area contributed by atoms with Gasteiger partial charge in [0.2, 0.25) is 0 Å². The molecule has 2 aromatic rings. The van der Waals surface area contributed by atoms with Crippen LogP contribution in [0, 0.1) is 5.82 Å². The first-order chi connectivity index (χ1) is 10.6. The van der Waals surface area contributed by atoms with E-state index in [4.69, 9.17) is 14.2 Å². The largest absolute Gasteiger partial charge is 0.496 e. The summed E-state index contributed by atoms with van der Waals surface area (Å²) in [5, 5.41) is 2.60. The van der Waals surface area contributed by atoms with Crippen molar-refractivity contribution in [2.24, 2.45) is 0 Å². The Morgan fingerprint density at radius 3 is 2.09 bits per heavy atom. The molecule has 1 N–H and O–H groups in total. The fourth-order valence-electron chi connectivity index (χ4n) is 1.74. The lowest BCUT2D eigenvalue weighted by atomic mass is 10.3. The number of carbonyl (C=O) groups is 1. The minimum absolute atomic E-state index is 0.187. The van der Waals surface area contributed by atoms with Crippen molar-refractivity contribution < 1.29 is 23.4 Å². The van der Waals surface area contributed by atoms with Crippen LogP contribution in [0.4, 0.5) is 10.1 Å². The van der Waals surface area contributed by atoms with E-state index in [0.717, 1.165) is 0 Å². The molecular weight excluding hydrogens is 289 g/mol. The lowest BCUT2D eigenvalue weighted by Gasteiger charge is -2.10. The first kappa shape index (κ1) is 15.6. The summed E-state index contributed by atoms with van der Waals surface area (Å²) in [4.78, 5) is 11.8. The van der Waals surface area contributed by atoms with Gasteiger partial charge in [0.05, 0.1) is 14.2 Å². The summed E-state index contributed by atoms with van der Waals surface area (Å²) in [6, 6.07) is 10.5. The average Bonchev–Trinajstić information content (AvgIpc) is 2.54. The number of nitrogens with one attached hydrogen (secondary N) is 1. The highest BCUT2D eigenvalue weighted by Crippen LogP contribution is 2.27. The molecule has 5 nitrogen and oxygen atoms in total. The third kappa shape index (κ3) is 4.37. The molecule has 0 atom stereocenters. The molecule has 116 valence electrons. The second kappa shape index (κ2) is 7.31. The molecule has 0 spiro atoms. The average molecular weight is 305 g/mol. The minimum atomic E-state index is -0.363. The maximum atomic E-state index is 12.8. The number of anilines is 1. The molecule has 6 heteroatoms. The third-order valence-electron chi connectivity index (χ3n) is 2.82. The Hall–Kier alpha value is -2.76. The number of amides is 1. The maximum Gasteiger partial charge on any atom is 0.262 e. The van der Waals surface area contributed by atoms with Crippen molar-refractivity contribution >= 4 is 11.6 Å². The molecule has 0 bridgehead atoms. The minimum Gasteiger partial charge on any atom is -0.496 e. The van der Waals surface area contributed by atoms with Crippen molar-refractivity contribution in [3.63, 3.8) is 0 Å². The molecule has 0 radical (unpaired) electrons. The second-order valence-electron chi connectivity index (χ2n) is 4.39. The van der Waals surface area contributed by atoms with E-state index in [2.05, 4.69) is 5.32 Å². The zero-order valence-electron chi connectivity index (χ0n) is 12.3. The summed E-state index contributed by atoms with van der Waals surface area (Å²) in [6.45, 7) is -0.187. The summed E-state index contributed by atoms with van der Waals surface area (Å²) in [5.41, 5.74) is 0.498. The number of benzene rings is 2. The van der Waals surface area contributed by atoms with Crippen LogP contribution in [0.5, 0.6) is 17.2 Å². The Bertz CT molecular complexity index is 621. The number of carbonyl (C=O) groups excluding carboxylic acids is 1. The molecule has 1 amide bonds. The first-order valence-electron chi connectivity index (χ1n) is 6.52. The molecule has 0 saturated heterocycles. The van der Waals surface area contributed by atoms with Gasteiger partial charge in [-0.2, -0.15) is 0 Å². The highest BCUT2D eigenvalue weighted by Gasteiger charge is 2.07. The summed E-state index contributed by atoms with van der Waals surface area (Å²) in [7, 11) is 3.06. The number of rotatable bonds is 6. The smallest absolute Gasteiger partial charge is 0.262 e. The number of halogens is 1. The molecular formula is C16H16FNO4. The lowest BCUT2D eigenvalue weighted by molar-refractivity contribution is -0.118. The van der Waals surface area contributed by atoms with Crippen LogP contribution in [0.2, 0.25) is 0 Å². The Morgan fingerprint density at radius 2 is 1.55 bits per heavy atom. The number of hydrogen-bond donors (Lipinski definition) is 1. The summed E-state index contributed by atoms with van der Waals surface area (Å²) < 4.78 is 28.4. The van der Waals surface area contributed by atoms with Crippen molar-refractivity contribution in [1.29, 1.82) is 0 Å². The Morgan fingerprint density at radius 1 is 1.00 bits per heavy atom. The van der Waals surface area contributed by atoms with Gasteiger partial charge in [0.15, 0.2) is 6.61 Å². The van der Waals surface area contributed by atoms with Gasteiger partial charge in [-0.05, 0) is 24.3 Å². The zero-order chi connectivity index (χ0) is 15.9. The van der Waals surface area contributed by atoms with Gasteiger partial charge in [0, 0.05) is 23.9 Å². The van der Waals surface area contributed by atoms with Crippen LogP contribution < -0.4 is 19.5 Å². The molecule has 0 aromatic heterocycles. The Balaban J connectivity index is 1.94. The van der Waals surface area contributed by atoms with Crippen molar-refractivity contribution in [2.45, 2.75) is 0 Å². The van der Waals surface area contributed by atoms with E-state index < -0.39 is 0 Å². The van der Waals surface area contributed by atoms with Crippen LogP contribution in [0.3, 0.4) is 0 Å². The molecule has 22 heavy (non-hydrogen) atoms. The van der Waals surface area contributed by atoms with Gasteiger partial charge < -0.3 is 19.5 Å². The van der Waals surface area contributed by atoms with Crippen molar-refractivity contribution in [1.82, 2.24) is 0 Å². The van der Waals surface area contributed by atoms with Gasteiger partial charge in [0.1, 0.15) is 23.1 Å². The second-order valence-corrected chi connectivity index (χ2v) is 4.39. The molecule has 0 heterocycles. The molecule has 0 aliphatic carbocycles. The van der Waals surface area contributed by atoms with Crippen molar-refractivity contribution in [3.05, 3.63) is 48.3 Å². The number of ether oxygens (including phenoxy) is 3. The van der Waals surface area contributed by atoms with Crippen LogP contribution in [0.15, 0.2) is 42.5 Å². The lowest BCUT2D eigenvalue weighted by Crippen LogP contribution is -2.20. The van der Waals surface area contributed by atoms with Gasteiger partial charge in [0.25, 0.3) is 5.91 Å². The maximum absolute atomic E-state index is 12.8. The van der Waals surface area contributed by atoms with Gasteiger partial charge in [-0.25, -0.2) is 4.39 Å². The van der Waals surface area contributed by atoms with Crippen molar-refractivity contribution in [2.75, 3.05) is 26.1 Å². The molecule has 2 aromatic carbocycles. The predicted octanol–water partition coefficient (Wildman–Crippen LogP) is 2.86. The molecule has 0 aliphatic heterocycles. The normalized spacial score (nSPS) is 9.95. The molecule has 0 saturated carbocycles. The number of methoxy groups -OCH3 is 2. The Labute approximate surface area is 127 Å². The van der Waals surface area contributed by atoms with E-state index in [0.29, 0.717) is 22.9 Å². The Kier molecular flexibility index (Phi) is 5.19. The highest BCUT2D eigenvalue weighted by molar-refractivity contribution is 5.91. The first-order valence-corrected chi connectivity index (χ1v) is 6.52. The predicted molar refractivity (Wildman–Crippen MR) is 80.1 cm³/mol. The standard InChI is InChI=1S/C16H16FNO4/c1-20-13-7-14(21-2)9-15(8-13)22-10-16(19)18-12-5-3-11(17)4-6-12/h3-9H,10H2,1-2H3,(H,18,19). The molecule has 2 rings (SSSR count). The molecule has 0 unspecified atom stereocenters. The van der Waals surface area contributed by atoms with Crippen LogP contribution in [0.1, 0.15) is 0 Å². The number of hydrogen-bond acceptors (Lipinski definition) is 4. The topological polar surface area (TPSA) is 56.8 Å². The van der Waals surface area contributed by atoms with Gasteiger partial charge in [-0.3, -0.25) is 4.79 Å². The van der Waals surface area contributed by atoms with Gasteiger partial charge in [-0.1, -0.05) is 0 Å². The molecule has 0 aliphatic rings. The quantitative estimate of drug-likeness (QED) is 0.891. The van der Waals surface area contributed by atoms with E-state index in [-0.39, 0.29) is 18.3 Å². The summed E-state index contributed by atoms with van der Waals surface area (Å²) in [5.74, 6) is 0.859. The summed E-state index contributed by atoms with van der Waals surface area (Å²) >= 11 is 0. The molecule has 0 fully saturated rings. The van der Waals surface area contributed by atoms with Crippen LogP contribution in [0.25, 0.3) is 0 Å². The SMILES string of the molecule is COc1cc(OC)cc(OCC(=O)Nc2ccc(F)cc2)c1. The van der Waals surface area contributed by atoms with Gasteiger partial charge in [-0.15, -0.1) is 0 Å².